The summed E-state index contributed by atoms with van der Waals surface area (Å²) in [5.41, 5.74) is -0.367. The van der Waals surface area contributed by atoms with Crippen molar-refractivity contribution in [3.8, 4) is 11.5 Å². The fourth-order valence-corrected chi connectivity index (χ4v) is 3.59. The number of urea groups is 1. The molecule has 1 fully saturated rings. The number of nitrogens with one attached hydrogen (secondary N) is 1. The number of non-ortho nitro benzene ring substituents is 1. The van der Waals surface area contributed by atoms with Gasteiger partial charge in [0.1, 0.15) is 11.6 Å². The van der Waals surface area contributed by atoms with Crippen molar-refractivity contribution in [1.82, 2.24) is 19.7 Å². The third-order valence-corrected chi connectivity index (χ3v) is 5.61. The van der Waals surface area contributed by atoms with Gasteiger partial charge >= 0.3 is 6.03 Å². The molecule has 0 atom stereocenters. The maximum absolute atomic E-state index is 14.1. The molecule has 11 heteroatoms. The Morgan fingerprint density at radius 1 is 1.27 bits per heavy atom. The van der Waals surface area contributed by atoms with Crippen LogP contribution in [-0.4, -0.2) is 84.0 Å². The molecule has 1 aliphatic rings. The van der Waals surface area contributed by atoms with E-state index in [1.807, 2.05) is 0 Å². The number of carbonyl (C=O) groups is 1. The molecule has 0 aliphatic carbocycles. The summed E-state index contributed by atoms with van der Waals surface area (Å²) in [4.78, 5) is 33.2. The molecule has 0 bridgehead atoms. The maximum atomic E-state index is 14.1. The van der Waals surface area contributed by atoms with Crippen LogP contribution in [0.3, 0.4) is 0 Å². The van der Waals surface area contributed by atoms with E-state index in [2.05, 4.69) is 34.2 Å². The highest BCUT2D eigenvalue weighted by Gasteiger charge is 2.25. The van der Waals surface area contributed by atoms with Crippen molar-refractivity contribution < 1.29 is 18.8 Å². The number of pyridine rings is 1. The highest BCUT2D eigenvalue weighted by atomic mass is 19.1. The van der Waals surface area contributed by atoms with Crippen molar-refractivity contribution in [1.29, 1.82) is 0 Å². The molecule has 2 amide bonds. The number of likely N-dealkylation sites (N-methyl/N-ethyl adjacent to an activating group) is 1. The lowest BCUT2D eigenvalue weighted by Gasteiger charge is -2.37. The Kier molecular flexibility index (Phi) is 8.12. The van der Waals surface area contributed by atoms with Crippen LogP contribution in [0.1, 0.15) is 12.8 Å². The van der Waals surface area contributed by atoms with Gasteiger partial charge in [0.2, 0.25) is 0 Å². The molecule has 0 saturated carbocycles. The summed E-state index contributed by atoms with van der Waals surface area (Å²) in [6, 6.07) is 5.95. The highest BCUT2D eigenvalue weighted by molar-refractivity contribution is 5.88. The van der Waals surface area contributed by atoms with Gasteiger partial charge in [0.25, 0.3) is 5.69 Å². The van der Waals surface area contributed by atoms with Crippen molar-refractivity contribution in [3.63, 3.8) is 0 Å². The average molecular weight is 461 g/mol. The van der Waals surface area contributed by atoms with Crippen LogP contribution in [0.25, 0.3) is 0 Å². The van der Waals surface area contributed by atoms with Gasteiger partial charge in [-0.1, -0.05) is 0 Å². The van der Waals surface area contributed by atoms with Crippen molar-refractivity contribution in [2.45, 2.75) is 18.9 Å². The summed E-state index contributed by atoms with van der Waals surface area (Å²) in [6.45, 7) is 3.91. The second kappa shape index (κ2) is 11.0. The van der Waals surface area contributed by atoms with E-state index in [4.69, 9.17) is 4.74 Å². The first kappa shape index (κ1) is 24.3. The number of nitrogens with zero attached hydrogens (tertiary/aromatic N) is 5. The Morgan fingerprint density at radius 3 is 2.64 bits per heavy atom. The van der Waals surface area contributed by atoms with Crippen molar-refractivity contribution >= 4 is 17.5 Å². The van der Waals surface area contributed by atoms with Crippen LogP contribution < -0.4 is 10.1 Å². The summed E-state index contributed by atoms with van der Waals surface area (Å²) < 4.78 is 19.6. The first-order chi connectivity index (χ1) is 15.7. The van der Waals surface area contributed by atoms with Crippen LogP contribution in [0.2, 0.25) is 0 Å². The number of anilines is 1. The third kappa shape index (κ3) is 6.83. The largest absolute Gasteiger partial charge is 0.454 e. The highest BCUT2D eigenvalue weighted by Crippen LogP contribution is 2.28. The number of piperidine rings is 1. The first-order valence-corrected chi connectivity index (χ1v) is 10.7. The predicted octanol–water partition coefficient (Wildman–Crippen LogP) is 3.41. The minimum atomic E-state index is -0.858. The van der Waals surface area contributed by atoms with Crippen molar-refractivity contribution in [2.24, 2.45) is 0 Å². The Hall–Kier alpha value is -3.31. The number of ether oxygens (including phenoxy) is 1. The summed E-state index contributed by atoms with van der Waals surface area (Å²) in [7, 11) is 5.88. The van der Waals surface area contributed by atoms with Crippen LogP contribution in [0.5, 0.6) is 11.5 Å². The number of hydrogen-bond donors (Lipinski definition) is 1. The molecule has 3 rings (SSSR count). The number of likely N-dealkylation sites (tertiary alicyclic amines) is 1. The predicted molar refractivity (Wildman–Crippen MR) is 122 cm³/mol. The molecule has 2 heterocycles. The quantitative estimate of drug-likeness (QED) is 0.475. The zero-order chi connectivity index (χ0) is 24.0. The lowest BCUT2D eigenvalue weighted by Crippen LogP contribution is -2.48. The Bertz CT molecular complexity index is 981. The second-order valence-corrected chi connectivity index (χ2v) is 8.27. The van der Waals surface area contributed by atoms with E-state index in [-0.39, 0.29) is 35.1 Å². The van der Waals surface area contributed by atoms with Crippen LogP contribution in [0.15, 0.2) is 36.5 Å². The van der Waals surface area contributed by atoms with Gasteiger partial charge in [0, 0.05) is 57.6 Å². The molecular weight excluding hydrogens is 431 g/mol. The maximum Gasteiger partial charge on any atom is 0.323 e. The van der Waals surface area contributed by atoms with Gasteiger partial charge in [-0.25, -0.2) is 14.2 Å². The lowest BCUT2D eigenvalue weighted by molar-refractivity contribution is -0.385. The zero-order valence-corrected chi connectivity index (χ0v) is 19.0. The summed E-state index contributed by atoms with van der Waals surface area (Å²) in [6.07, 6.45) is 3.22. The van der Waals surface area contributed by atoms with E-state index in [1.165, 1.54) is 24.4 Å². The Labute approximate surface area is 192 Å². The van der Waals surface area contributed by atoms with Gasteiger partial charge in [-0.3, -0.25) is 15.4 Å². The number of benzene rings is 1. The molecule has 1 aromatic carbocycles. The van der Waals surface area contributed by atoms with E-state index >= 15 is 0 Å². The number of carbonyl (C=O) groups excluding carboxylic acids is 1. The number of nitro benzene ring substituents is 1. The molecule has 0 radical (unpaired) electrons. The van der Waals surface area contributed by atoms with Crippen LogP contribution in [0.4, 0.5) is 20.7 Å². The normalized spacial score (nSPS) is 14.8. The van der Waals surface area contributed by atoms with E-state index in [0.717, 1.165) is 51.2 Å². The van der Waals surface area contributed by atoms with Gasteiger partial charge < -0.3 is 19.4 Å². The number of halogens is 1. The van der Waals surface area contributed by atoms with Crippen LogP contribution >= 0.6 is 0 Å². The number of hydrogen-bond acceptors (Lipinski definition) is 7. The molecule has 33 heavy (non-hydrogen) atoms. The summed E-state index contributed by atoms with van der Waals surface area (Å²) in [5, 5.41) is 13.5. The molecule has 1 saturated heterocycles. The molecule has 0 unspecified atom stereocenters. The smallest absolute Gasteiger partial charge is 0.323 e. The number of amides is 2. The second-order valence-electron chi connectivity index (χ2n) is 8.27. The lowest BCUT2D eigenvalue weighted by atomic mass is 10.0. The number of nitro groups is 1. The van der Waals surface area contributed by atoms with Crippen LogP contribution in [0, 0.1) is 15.9 Å². The van der Waals surface area contributed by atoms with Crippen LogP contribution in [-0.2, 0) is 0 Å². The van der Waals surface area contributed by atoms with E-state index < -0.39 is 10.7 Å². The average Bonchev–Trinajstić information content (AvgIpc) is 2.79. The van der Waals surface area contributed by atoms with Crippen molar-refractivity contribution in [3.05, 3.63) is 52.5 Å². The molecular formula is C22H29FN6O4. The van der Waals surface area contributed by atoms with Gasteiger partial charge in [0.15, 0.2) is 11.6 Å². The molecule has 10 nitrogen and oxygen atoms in total. The Morgan fingerprint density at radius 2 is 2.00 bits per heavy atom. The van der Waals surface area contributed by atoms with Gasteiger partial charge in [-0.2, -0.15) is 0 Å². The standard InChI is InChI=1S/C22H29FN6O4/c1-26(2)12-13-28-10-7-16(8-11-28)27(3)22(30)25-21-15-18(6-9-24-21)33-20-5-4-17(29(31)32)14-19(20)23/h4-6,9,14-16H,7-8,10-13H2,1-3H3,(H,24,25,30). The molecule has 1 N–H and O–H groups in total. The van der Waals surface area contributed by atoms with E-state index in [0.29, 0.717) is 0 Å². The van der Waals surface area contributed by atoms with Gasteiger partial charge in [0.05, 0.1) is 11.0 Å². The Balaban J connectivity index is 1.55. The number of rotatable bonds is 8. The topological polar surface area (TPSA) is 104 Å². The fourth-order valence-electron chi connectivity index (χ4n) is 3.59. The molecule has 0 spiro atoms. The zero-order valence-electron chi connectivity index (χ0n) is 19.0. The van der Waals surface area contributed by atoms with Gasteiger partial charge in [-0.15, -0.1) is 0 Å². The summed E-state index contributed by atoms with van der Waals surface area (Å²) in [5.74, 6) is -0.523. The molecule has 2 aromatic rings. The molecule has 1 aromatic heterocycles. The first-order valence-electron chi connectivity index (χ1n) is 10.7. The monoisotopic (exact) mass is 460 g/mol. The molecule has 1 aliphatic heterocycles. The third-order valence-electron chi connectivity index (χ3n) is 5.61. The fraction of sp³-hybridized carbons (Fsp3) is 0.455. The van der Waals surface area contributed by atoms with Crippen molar-refractivity contribution in [2.75, 3.05) is 52.6 Å². The summed E-state index contributed by atoms with van der Waals surface area (Å²) >= 11 is 0. The van der Waals surface area contributed by atoms with E-state index in [1.54, 1.807) is 11.9 Å². The number of aromatic nitrogens is 1. The van der Waals surface area contributed by atoms with Gasteiger partial charge in [-0.05, 0) is 39.1 Å². The molecule has 178 valence electrons. The minimum absolute atomic E-state index is 0.134. The minimum Gasteiger partial charge on any atom is -0.454 e. The SMILES string of the molecule is CN(C)CCN1CCC(N(C)C(=O)Nc2cc(Oc3ccc([N+](=O)[O-])cc3F)ccn2)CC1. The van der Waals surface area contributed by atoms with E-state index in [9.17, 15) is 19.3 Å².